The molecule has 0 N–H and O–H groups in total. The van der Waals surface area contributed by atoms with Crippen molar-refractivity contribution in [1.82, 2.24) is 9.31 Å². The maximum atomic E-state index is 13.1. The van der Waals surface area contributed by atoms with Crippen molar-refractivity contribution in [2.24, 2.45) is 11.8 Å². The van der Waals surface area contributed by atoms with Crippen LogP contribution in [0.25, 0.3) is 0 Å². The lowest BCUT2D eigenvalue weighted by molar-refractivity contribution is -0.734. The van der Waals surface area contributed by atoms with Gasteiger partial charge in [0.25, 0.3) is 0 Å². The number of hydrogen-bond donors (Lipinski definition) is 0. The van der Waals surface area contributed by atoms with E-state index in [1.807, 2.05) is 19.0 Å². The fourth-order valence-corrected chi connectivity index (χ4v) is 6.88. The Kier molecular flexibility index (Phi) is 6.17. The number of halogens is 3. The number of alkyl halides is 3. The Labute approximate surface area is 186 Å². The molecular formula is C21H30F3N4O3S+. The summed E-state index contributed by atoms with van der Waals surface area (Å²) in [5.74, 6) is 0.491. The first-order valence-corrected chi connectivity index (χ1v) is 12.5. The molecule has 11 heteroatoms. The molecule has 0 spiro atoms. The van der Waals surface area contributed by atoms with E-state index in [1.54, 1.807) is 24.3 Å². The average Bonchev–Trinajstić information content (AvgIpc) is 3.10. The quantitative estimate of drug-likeness (QED) is 0.626. The van der Waals surface area contributed by atoms with Crippen LogP contribution in [0.2, 0.25) is 0 Å². The molecule has 3 atom stereocenters. The summed E-state index contributed by atoms with van der Waals surface area (Å²) in [4.78, 5) is 14.4. The van der Waals surface area contributed by atoms with Gasteiger partial charge < -0.3 is 4.90 Å². The smallest absolute Gasteiger partial charge is 0.378 e. The fraction of sp³-hybridized carbons (Fsp3) is 0.714. The molecule has 3 saturated heterocycles. The van der Waals surface area contributed by atoms with Crippen LogP contribution >= 0.6 is 0 Å². The van der Waals surface area contributed by atoms with E-state index in [9.17, 15) is 26.5 Å². The van der Waals surface area contributed by atoms with Crippen molar-refractivity contribution in [2.75, 3.05) is 38.6 Å². The number of piperidine rings is 2. The lowest BCUT2D eigenvalue weighted by Gasteiger charge is -2.39. The van der Waals surface area contributed by atoms with E-state index < -0.39 is 22.2 Å². The monoisotopic (exact) mass is 475 g/mol. The van der Waals surface area contributed by atoms with Gasteiger partial charge in [-0.3, -0.25) is 0 Å². The van der Waals surface area contributed by atoms with E-state index in [4.69, 9.17) is 0 Å². The number of sulfonamides is 1. The highest BCUT2D eigenvalue weighted by Gasteiger charge is 2.62. The third-order valence-corrected chi connectivity index (χ3v) is 9.19. The summed E-state index contributed by atoms with van der Waals surface area (Å²) in [6, 6.07) is 4.48. The van der Waals surface area contributed by atoms with Gasteiger partial charge >= 0.3 is 12.2 Å². The van der Waals surface area contributed by atoms with E-state index in [2.05, 4.69) is 0 Å². The Morgan fingerprint density at radius 1 is 0.969 bits per heavy atom. The van der Waals surface area contributed by atoms with Crippen molar-refractivity contribution in [2.45, 2.75) is 55.3 Å². The topological polar surface area (TPSA) is 63.9 Å². The molecule has 3 aliphatic rings. The van der Waals surface area contributed by atoms with Gasteiger partial charge in [-0.05, 0) is 61.8 Å². The van der Waals surface area contributed by atoms with Crippen LogP contribution in [-0.2, 0) is 10.0 Å². The largest absolute Gasteiger partial charge is 0.459 e. The third-order valence-electron chi connectivity index (χ3n) is 7.27. The number of benzene rings is 1. The minimum absolute atomic E-state index is 0.137. The number of hydrazine groups is 1. The van der Waals surface area contributed by atoms with Gasteiger partial charge in [0.05, 0.1) is 28.8 Å². The first-order valence-electron chi connectivity index (χ1n) is 11.1. The SMILES string of the molecule is CN(C)c1ccc(S(=O)(=O)N2CCC(C3CCN4C(C3)CC(C(F)(F)F)[N+]4=O)CC2)cc1. The van der Waals surface area contributed by atoms with Gasteiger partial charge in [-0.2, -0.15) is 17.5 Å². The zero-order chi connectivity index (χ0) is 23.3. The number of nitroso groups, excluding NO2 is 1. The van der Waals surface area contributed by atoms with Gasteiger partial charge in [0.15, 0.2) is 0 Å². The van der Waals surface area contributed by atoms with Crippen molar-refractivity contribution in [3.8, 4) is 0 Å². The normalized spacial score (nSPS) is 28.1. The summed E-state index contributed by atoms with van der Waals surface area (Å²) in [6.07, 6.45) is -2.08. The maximum Gasteiger partial charge on any atom is 0.459 e. The van der Waals surface area contributed by atoms with Crippen molar-refractivity contribution in [1.29, 1.82) is 0 Å². The number of hydrogen-bond acceptors (Lipinski definition) is 4. The van der Waals surface area contributed by atoms with Crippen LogP contribution < -0.4 is 4.90 Å². The van der Waals surface area contributed by atoms with Gasteiger partial charge in [0.2, 0.25) is 10.0 Å². The lowest BCUT2D eigenvalue weighted by Crippen LogP contribution is -2.46. The van der Waals surface area contributed by atoms with Gasteiger partial charge in [-0.15, -0.1) is 5.01 Å². The number of anilines is 1. The molecule has 3 unspecified atom stereocenters. The van der Waals surface area contributed by atoms with E-state index in [1.165, 1.54) is 9.31 Å². The molecule has 0 bridgehead atoms. The molecule has 3 fully saturated rings. The first kappa shape index (κ1) is 23.3. The molecule has 0 aromatic heterocycles. The van der Waals surface area contributed by atoms with Crippen molar-refractivity contribution >= 4 is 15.7 Å². The molecule has 4 rings (SSSR count). The minimum atomic E-state index is -4.51. The fourth-order valence-electron chi connectivity index (χ4n) is 5.41. The Bertz CT molecular complexity index is 944. The van der Waals surface area contributed by atoms with Crippen molar-refractivity contribution in [3.05, 3.63) is 29.2 Å². The summed E-state index contributed by atoms with van der Waals surface area (Å²) in [5, 5.41) is 1.34. The number of nitrogens with zero attached hydrogens (tertiary/aromatic N) is 4. The highest BCUT2D eigenvalue weighted by molar-refractivity contribution is 7.89. The van der Waals surface area contributed by atoms with Crippen molar-refractivity contribution < 1.29 is 26.5 Å². The molecule has 0 radical (unpaired) electrons. The second-order valence-electron chi connectivity index (χ2n) is 9.33. The highest BCUT2D eigenvalue weighted by atomic mass is 32.2. The molecule has 0 aliphatic carbocycles. The minimum Gasteiger partial charge on any atom is -0.378 e. The summed E-state index contributed by atoms with van der Waals surface area (Å²) in [5.41, 5.74) is 0.922. The zero-order valence-electron chi connectivity index (χ0n) is 18.3. The molecule has 3 heterocycles. The molecule has 32 heavy (non-hydrogen) atoms. The Morgan fingerprint density at radius 2 is 1.56 bits per heavy atom. The van der Waals surface area contributed by atoms with Gasteiger partial charge in [0, 0.05) is 32.9 Å². The standard InChI is InChI=1S/C21H30F3N4O3S/c1-25(2)17-3-5-19(6-4-17)32(30,31)26-10-7-15(8-11-26)16-9-12-27-18(13-16)14-20(28(27)29)21(22,23)24/h3-6,15-16,18,20H,7-14H2,1-2H3/q+1. The van der Waals surface area contributed by atoms with E-state index in [0.29, 0.717) is 45.3 Å². The van der Waals surface area contributed by atoms with Crippen LogP contribution in [0.15, 0.2) is 29.2 Å². The number of fused-ring (bicyclic) bond motifs is 1. The molecule has 1 aromatic rings. The average molecular weight is 476 g/mol. The molecule has 7 nitrogen and oxygen atoms in total. The molecule has 178 valence electrons. The number of rotatable bonds is 4. The van der Waals surface area contributed by atoms with Gasteiger partial charge in [-0.1, -0.05) is 0 Å². The Hall–Kier alpha value is -1.88. The highest BCUT2D eigenvalue weighted by Crippen LogP contribution is 2.42. The van der Waals surface area contributed by atoms with Gasteiger partial charge in [0.1, 0.15) is 4.87 Å². The lowest BCUT2D eigenvalue weighted by atomic mass is 9.77. The van der Waals surface area contributed by atoms with Crippen LogP contribution in [0.5, 0.6) is 0 Å². The Balaban J connectivity index is 1.35. The van der Waals surface area contributed by atoms with Gasteiger partial charge in [-0.25, -0.2) is 8.42 Å². The van der Waals surface area contributed by atoms with Crippen LogP contribution in [0.4, 0.5) is 18.9 Å². The maximum absolute atomic E-state index is 13.1. The van der Waals surface area contributed by atoms with E-state index >= 15 is 0 Å². The Morgan fingerprint density at radius 3 is 2.12 bits per heavy atom. The second kappa shape index (κ2) is 8.48. The van der Waals surface area contributed by atoms with E-state index in [-0.39, 0.29) is 34.1 Å². The summed E-state index contributed by atoms with van der Waals surface area (Å²) < 4.78 is 66.9. The first-order chi connectivity index (χ1) is 15.0. The molecule has 0 amide bonds. The van der Waals surface area contributed by atoms with Crippen LogP contribution in [0, 0.1) is 16.7 Å². The molecular weight excluding hydrogens is 445 g/mol. The summed E-state index contributed by atoms with van der Waals surface area (Å²) in [7, 11) is 0.212. The van der Waals surface area contributed by atoms with E-state index in [0.717, 1.165) is 5.69 Å². The third kappa shape index (κ3) is 4.33. The molecule has 3 aliphatic heterocycles. The second-order valence-corrected chi connectivity index (χ2v) is 11.3. The van der Waals surface area contributed by atoms with Crippen molar-refractivity contribution in [3.63, 3.8) is 0 Å². The predicted octanol–water partition coefficient (Wildman–Crippen LogP) is 3.26. The van der Waals surface area contributed by atoms with Crippen LogP contribution in [-0.4, -0.2) is 74.6 Å². The van der Waals surface area contributed by atoms with Crippen LogP contribution in [0.3, 0.4) is 0 Å². The van der Waals surface area contributed by atoms with Crippen LogP contribution in [0.1, 0.15) is 32.1 Å². The predicted molar refractivity (Wildman–Crippen MR) is 114 cm³/mol. The summed E-state index contributed by atoms with van der Waals surface area (Å²) >= 11 is 0. The molecule has 0 saturated carbocycles. The zero-order valence-corrected chi connectivity index (χ0v) is 19.1. The summed E-state index contributed by atoms with van der Waals surface area (Å²) in [6.45, 7) is 1.15. The molecule has 1 aromatic carbocycles.